The summed E-state index contributed by atoms with van der Waals surface area (Å²) in [5, 5.41) is 3.16. The maximum absolute atomic E-state index is 14.2. The number of amides is 2. The molecule has 9 nitrogen and oxygen atoms in total. The molecule has 43 heavy (non-hydrogen) atoms. The number of sulfonamides is 1. The molecule has 1 aliphatic carbocycles. The summed E-state index contributed by atoms with van der Waals surface area (Å²) in [6.45, 7) is 1.51. The maximum atomic E-state index is 14.2. The number of benzene rings is 3. The average Bonchev–Trinajstić information content (AvgIpc) is 3.04. The summed E-state index contributed by atoms with van der Waals surface area (Å²) in [4.78, 5) is 29.4. The molecular weight excluding hydrogens is 566 g/mol. The predicted octanol–water partition coefficient (Wildman–Crippen LogP) is 5.16. The fourth-order valence-electron chi connectivity index (χ4n) is 5.39. The number of nitrogens with one attached hydrogen (secondary N) is 1. The van der Waals surface area contributed by atoms with E-state index < -0.39 is 28.5 Å². The zero-order valence-corrected chi connectivity index (χ0v) is 25.9. The third-order valence-corrected chi connectivity index (χ3v) is 9.61. The van der Waals surface area contributed by atoms with E-state index in [-0.39, 0.29) is 23.4 Å². The molecule has 3 aromatic rings. The molecule has 0 aromatic heterocycles. The summed E-state index contributed by atoms with van der Waals surface area (Å²) in [5.74, 6) is 0.481. The van der Waals surface area contributed by atoms with E-state index in [1.807, 2.05) is 19.1 Å². The van der Waals surface area contributed by atoms with Crippen molar-refractivity contribution in [3.63, 3.8) is 0 Å². The van der Waals surface area contributed by atoms with E-state index in [1.165, 1.54) is 24.1 Å². The highest BCUT2D eigenvalue weighted by atomic mass is 32.2. The topological polar surface area (TPSA) is 105 Å². The van der Waals surface area contributed by atoms with Gasteiger partial charge in [0.1, 0.15) is 24.1 Å². The number of carbonyl (C=O) groups excluding carboxylic acids is 2. The van der Waals surface area contributed by atoms with Gasteiger partial charge in [-0.15, -0.1) is 0 Å². The number of rotatable bonds is 13. The third kappa shape index (κ3) is 8.07. The lowest BCUT2D eigenvalue weighted by molar-refractivity contribution is -0.140. The van der Waals surface area contributed by atoms with Gasteiger partial charge in [-0.1, -0.05) is 56.5 Å². The van der Waals surface area contributed by atoms with Crippen LogP contribution in [0.25, 0.3) is 0 Å². The van der Waals surface area contributed by atoms with E-state index in [2.05, 4.69) is 5.32 Å². The van der Waals surface area contributed by atoms with Crippen LogP contribution in [0, 0.1) is 0 Å². The Hall–Kier alpha value is -4.05. The number of anilines is 1. The van der Waals surface area contributed by atoms with Gasteiger partial charge in [-0.2, -0.15) is 0 Å². The molecular formula is C33H41N3O6S. The summed E-state index contributed by atoms with van der Waals surface area (Å²) in [6.07, 6.45) is 5.48. The van der Waals surface area contributed by atoms with Gasteiger partial charge >= 0.3 is 0 Å². The molecule has 10 heteroatoms. The Morgan fingerprint density at radius 3 is 2.00 bits per heavy atom. The van der Waals surface area contributed by atoms with Crippen LogP contribution in [-0.4, -0.2) is 58.0 Å². The van der Waals surface area contributed by atoms with Crippen molar-refractivity contribution in [2.45, 2.75) is 69.0 Å². The lowest BCUT2D eigenvalue weighted by Crippen LogP contribution is -2.54. The number of hydrogen-bond donors (Lipinski definition) is 1. The molecule has 0 spiro atoms. The first-order valence-electron chi connectivity index (χ1n) is 14.7. The fourth-order valence-corrected chi connectivity index (χ4v) is 6.80. The third-order valence-electron chi connectivity index (χ3n) is 7.82. The van der Waals surface area contributed by atoms with Crippen LogP contribution in [0.15, 0.2) is 83.8 Å². The van der Waals surface area contributed by atoms with Crippen molar-refractivity contribution < 1.29 is 27.5 Å². The molecule has 0 heterocycles. The minimum Gasteiger partial charge on any atom is -0.497 e. The van der Waals surface area contributed by atoms with E-state index in [9.17, 15) is 18.0 Å². The van der Waals surface area contributed by atoms with Crippen LogP contribution >= 0.6 is 0 Å². The molecule has 0 saturated heterocycles. The first-order valence-corrected chi connectivity index (χ1v) is 16.2. The minimum absolute atomic E-state index is 0.0220. The Bertz CT molecular complexity index is 1440. The van der Waals surface area contributed by atoms with Gasteiger partial charge in [-0.25, -0.2) is 8.42 Å². The number of ether oxygens (including phenoxy) is 2. The van der Waals surface area contributed by atoms with Crippen molar-refractivity contribution in [1.29, 1.82) is 0 Å². The number of carbonyl (C=O) groups is 2. The average molecular weight is 608 g/mol. The largest absolute Gasteiger partial charge is 0.497 e. The molecule has 230 valence electrons. The lowest BCUT2D eigenvalue weighted by Gasteiger charge is -2.34. The summed E-state index contributed by atoms with van der Waals surface area (Å²) in [5.41, 5.74) is 1.14. The number of nitrogens with zero attached hydrogens (tertiary/aromatic N) is 2. The van der Waals surface area contributed by atoms with E-state index >= 15 is 0 Å². The van der Waals surface area contributed by atoms with Crippen LogP contribution in [0.2, 0.25) is 0 Å². The zero-order chi connectivity index (χ0) is 30.8. The second kappa shape index (κ2) is 14.9. The Morgan fingerprint density at radius 2 is 1.44 bits per heavy atom. The Kier molecular flexibility index (Phi) is 11.1. The standard InChI is InChI=1S/C33H41N3O6S/c1-4-31(33(38)34-26-11-7-5-8-12-26)35(23-25-15-17-28(41-2)18-16-25)32(37)24-36(27-13-9-6-10-14-27)43(39,40)30-21-19-29(42-3)20-22-30/h6,9-10,13-22,26,31H,4-5,7-8,11-12,23-24H2,1-3H3,(H,34,38)/t31-/m1/s1. The first-order chi connectivity index (χ1) is 20.8. The quantitative estimate of drug-likeness (QED) is 0.288. The number of hydrogen-bond acceptors (Lipinski definition) is 6. The van der Waals surface area contributed by atoms with E-state index in [0.717, 1.165) is 42.0 Å². The second-order valence-corrected chi connectivity index (χ2v) is 12.5. The van der Waals surface area contributed by atoms with Gasteiger partial charge in [0, 0.05) is 12.6 Å². The second-order valence-electron chi connectivity index (χ2n) is 10.7. The van der Waals surface area contributed by atoms with Gasteiger partial charge in [0.2, 0.25) is 11.8 Å². The smallest absolute Gasteiger partial charge is 0.264 e. The molecule has 3 aromatic carbocycles. The summed E-state index contributed by atoms with van der Waals surface area (Å²) < 4.78 is 39.5. The van der Waals surface area contributed by atoms with Gasteiger partial charge in [0.25, 0.3) is 10.0 Å². The highest BCUT2D eigenvalue weighted by Crippen LogP contribution is 2.26. The Labute approximate surface area is 254 Å². The van der Waals surface area contributed by atoms with E-state index in [4.69, 9.17) is 9.47 Å². The molecule has 0 bridgehead atoms. The Balaban J connectivity index is 1.68. The van der Waals surface area contributed by atoms with Crippen molar-refractivity contribution in [2.24, 2.45) is 0 Å². The fraction of sp³-hybridized carbons (Fsp3) is 0.394. The first kappa shape index (κ1) is 31.9. The molecule has 0 radical (unpaired) electrons. The predicted molar refractivity (Wildman–Crippen MR) is 167 cm³/mol. The number of para-hydroxylation sites is 1. The lowest BCUT2D eigenvalue weighted by atomic mass is 9.95. The summed E-state index contributed by atoms with van der Waals surface area (Å²) >= 11 is 0. The molecule has 1 N–H and O–H groups in total. The molecule has 1 saturated carbocycles. The molecule has 0 aliphatic heterocycles. The van der Waals surface area contributed by atoms with Crippen molar-refractivity contribution in [1.82, 2.24) is 10.2 Å². The van der Waals surface area contributed by atoms with Gasteiger partial charge < -0.3 is 19.7 Å². The molecule has 4 rings (SSSR count). The van der Waals surface area contributed by atoms with Gasteiger partial charge in [0.15, 0.2) is 0 Å². The van der Waals surface area contributed by atoms with Crippen LogP contribution in [-0.2, 0) is 26.2 Å². The SMILES string of the molecule is CC[C@H](C(=O)NC1CCCCC1)N(Cc1ccc(OC)cc1)C(=O)CN(c1ccccc1)S(=O)(=O)c1ccc(OC)cc1. The summed E-state index contributed by atoms with van der Waals surface area (Å²) in [6, 6.07) is 21.1. The molecule has 1 atom stereocenters. The van der Waals surface area contributed by atoms with E-state index in [0.29, 0.717) is 23.6 Å². The van der Waals surface area contributed by atoms with Crippen LogP contribution in [0.5, 0.6) is 11.5 Å². The van der Waals surface area contributed by atoms with Gasteiger partial charge in [-0.3, -0.25) is 13.9 Å². The molecule has 1 fully saturated rings. The molecule has 1 aliphatic rings. The van der Waals surface area contributed by atoms with Crippen molar-refractivity contribution in [3.05, 3.63) is 84.4 Å². The normalized spacial score (nSPS) is 14.4. The van der Waals surface area contributed by atoms with Crippen molar-refractivity contribution in [2.75, 3.05) is 25.1 Å². The van der Waals surface area contributed by atoms with Crippen molar-refractivity contribution >= 4 is 27.5 Å². The van der Waals surface area contributed by atoms with Crippen LogP contribution < -0.4 is 19.1 Å². The maximum Gasteiger partial charge on any atom is 0.264 e. The Morgan fingerprint density at radius 1 is 0.860 bits per heavy atom. The van der Waals surface area contributed by atoms with Gasteiger partial charge in [0.05, 0.1) is 24.8 Å². The molecule has 0 unspecified atom stereocenters. The van der Waals surface area contributed by atoms with E-state index in [1.54, 1.807) is 61.7 Å². The monoisotopic (exact) mass is 607 g/mol. The molecule has 2 amide bonds. The van der Waals surface area contributed by atoms with Crippen molar-refractivity contribution in [3.8, 4) is 11.5 Å². The zero-order valence-electron chi connectivity index (χ0n) is 25.1. The number of methoxy groups -OCH3 is 2. The summed E-state index contributed by atoms with van der Waals surface area (Å²) in [7, 11) is -1.07. The van der Waals surface area contributed by atoms with Gasteiger partial charge in [-0.05, 0) is 73.4 Å². The minimum atomic E-state index is -4.15. The highest BCUT2D eigenvalue weighted by Gasteiger charge is 2.34. The van der Waals surface area contributed by atoms with Crippen LogP contribution in [0.3, 0.4) is 0 Å². The van der Waals surface area contributed by atoms with Crippen LogP contribution in [0.1, 0.15) is 51.0 Å². The van der Waals surface area contributed by atoms with Crippen LogP contribution in [0.4, 0.5) is 5.69 Å². The highest BCUT2D eigenvalue weighted by molar-refractivity contribution is 7.92.